The summed E-state index contributed by atoms with van der Waals surface area (Å²) >= 11 is 0. The van der Waals surface area contributed by atoms with Gasteiger partial charge in [-0.3, -0.25) is 4.79 Å². The highest BCUT2D eigenvalue weighted by Gasteiger charge is 2.22. The second kappa shape index (κ2) is 8.21. The molecule has 0 atom stereocenters. The fourth-order valence-electron chi connectivity index (χ4n) is 2.94. The predicted octanol–water partition coefficient (Wildman–Crippen LogP) is 3.59. The Hall–Kier alpha value is -3.27. The lowest BCUT2D eigenvalue weighted by Crippen LogP contribution is -2.31. The van der Waals surface area contributed by atoms with E-state index in [9.17, 15) is 15.0 Å². The van der Waals surface area contributed by atoms with E-state index in [1.54, 1.807) is 6.07 Å². The van der Waals surface area contributed by atoms with Crippen molar-refractivity contribution in [2.45, 2.75) is 12.3 Å². The van der Waals surface area contributed by atoms with E-state index < -0.39 is 0 Å². The lowest BCUT2D eigenvalue weighted by atomic mass is 9.90. The minimum atomic E-state index is -0.370. The molecule has 0 saturated heterocycles. The number of nitrogens with one attached hydrogen (secondary N) is 1. The van der Waals surface area contributed by atoms with Crippen molar-refractivity contribution in [1.82, 2.24) is 5.32 Å². The second-order valence-corrected chi connectivity index (χ2v) is 6.12. The van der Waals surface area contributed by atoms with E-state index in [-0.39, 0.29) is 23.3 Å². The second-order valence-electron chi connectivity index (χ2n) is 6.12. The minimum Gasteiger partial charge on any atom is -0.504 e. The number of carbonyl (C=O) groups excluding carboxylic acids is 1. The smallest absolute Gasteiger partial charge is 0.232 e. The molecule has 3 rings (SSSR count). The van der Waals surface area contributed by atoms with Crippen LogP contribution in [0.2, 0.25) is 0 Å². The van der Waals surface area contributed by atoms with Gasteiger partial charge in [-0.15, -0.1) is 0 Å². The quantitative estimate of drug-likeness (QED) is 0.597. The molecule has 4 heteroatoms. The molecule has 26 heavy (non-hydrogen) atoms. The molecule has 0 fully saturated rings. The van der Waals surface area contributed by atoms with Crippen molar-refractivity contribution >= 4 is 5.91 Å². The molecule has 0 unspecified atom stereocenters. The van der Waals surface area contributed by atoms with Crippen LogP contribution in [0.1, 0.15) is 22.6 Å². The van der Waals surface area contributed by atoms with Crippen LogP contribution in [0.4, 0.5) is 0 Å². The molecule has 0 heterocycles. The summed E-state index contributed by atoms with van der Waals surface area (Å²) in [5, 5.41) is 21.9. The van der Waals surface area contributed by atoms with Crippen LogP contribution >= 0.6 is 0 Å². The molecule has 3 aromatic rings. The standard InChI is InChI=1S/C22H21NO3/c24-19-12-11-16(15-20(19)25)13-14-23-22(26)21(17-7-3-1-4-8-17)18-9-5-2-6-10-18/h1-12,15,21,24-25H,13-14H2,(H,23,26). The Morgan fingerprint density at radius 3 is 1.92 bits per heavy atom. The largest absolute Gasteiger partial charge is 0.504 e. The van der Waals surface area contributed by atoms with E-state index in [4.69, 9.17) is 0 Å². The first-order valence-corrected chi connectivity index (χ1v) is 8.53. The molecule has 0 aromatic heterocycles. The van der Waals surface area contributed by atoms with Gasteiger partial charge < -0.3 is 15.5 Å². The topological polar surface area (TPSA) is 69.6 Å². The van der Waals surface area contributed by atoms with Crippen molar-refractivity contribution in [2.75, 3.05) is 6.54 Å². The van der Waals surface area contributed by atoms with Crippen molar-refractivity contribution in [3.8, 4) is 11.5 Å². The van der Waals surface area contributed by atoms with Crippen molar-refractivity contribution in [3.63, 3.8) is 0 Å². The normalized spacial score (nSPS) is 10.7. The van der Waals surface area contributed by atoms with Crippen LogP contribution in [0.5, 0.6) is 11.5 Å². The minimum absolute atomic E-state index is 0.0644. The number of hydrogen-bond acceptors (Lipinski definition) is 3. The fraction of sp³-hybridized carbons (Fsp3) is 0.136. The van der Waals surface area contributed by atoms with Crippen LogP contribution in [-0.4, -0.2) is 22.7 Å². The van der Waals surface area contributed by atoms with Gasteiger partial charge in [0.1, 0.15) is 0 Å². The molecule has 1 amide bonds. The summed E-state index contributed by atoms with van der Waals surface area (Å²) < 4.78 is 0. The number of hydrogen-bond donors (Lipinski definition) is 3. The van der Waals surface area contributed by atoms with E-state index in [0.29, 0.717) is 13.0 Å². The van der Waals surface area contributed by atoms with Crippen molar-refractivity contribution < 1.29 is 15.0 Å². The number of amides is 1. The molecule has 132 valence electrons. The van der Waals surface area contributed by atoms with E-state index in [1.807, 2.05) is 60.7 Å². The number of phenols is 2. The SMILES string of the molecule is O=C(NCCc1ccc(O)c(O)c1)C(c1ccccc1)c1ccccc1. The summed E-state index contributed by atoms with van der Waals surface area (Å²) in [6.45, 7) is 0.444. The van der Waals surface area contributed by atoms with Gasteiger partial charge in [-0.05, 0) is 35.2 Å². The van der Waals surface area contributed by atoms with Gasteiger partial charge in [0.25, 0.3) is 0 Å². The van der Waals surface area contributed by atoms with Gasteiger partial charge in [-0.25, -0.2) is 0 Å². The van der Waals surface area contributed by atoms with E-state index in [1.165, 1.54) is 12.1 Å². The Morgan fingerprint density at radius 1 is 0.808 bits per heavy atom. The molecule has 3 aromatic carbocycles. The number of phenolic OH excluding ortho intramolecular Hbond substituents is 2. The van der Waals surface area contributed by atoms with Gasteiger partial charge in [0.05, 0.1) is 5.92 Å². The number of benzene rings is 3. The Morgan fingerprint density at radius 2 is 1.38 bits per heavy atom. The zero-order chi connectivity index (χ0) is 18.4. The first-order valence-electron chi connectivity index (χ1n) is 8.53. The Balaban J connectivity index is 1.71. The predicted molar refractivity (Wildman–Crippen MR) is 101 cm³/mol. The van der Waals surface area contributed by atoms with Gasteiger partial charge in [0.15, 0.2) is 11.5 Å². The average molecular weight is 347 g/mol. The van der Waals surface area contributed by atoms with Crippen LogP contribution in [-0.2, 0) is 11.2 Å². The van der Waals surface area contributed by atoms with Crippen molar-refractivity contribution in [2.24, 2.45) is 0 Å². The molecule has 3 N–H and O–H groups in total. The first kappa shape index (κ1) is 17.5. The highest BCUT2D eigenvalue weighted by atomic mass is 16.3. The first-order chi connectivity index (χ1) is 12.6. The van der Waals surface area contributed by atoms with E-state index in [2.05, 4.69) is 5.32 Å². The lowest BCUT2D eigenvalue weighted by Gasteiger charge is -2.18. The maximum Gasteiger partial charge on any atom is 0.232 e. The molecule has 0 spiro atoms. The Labute approximate surface area is 152 Å². The van der Waals surface area contributed by atoms with Gasteiger partial charge in [0, 0.05) is 6.54 Å². The fourth-order valence-corrected chi connectivity index (χ4v) is 2.94. The zero-order valence-corrected chi connectivity index (χ0v) is 14.3. The molecule has 0 aliphatic carbocycles. The van der Waals surface area contributed by atoms with Crippen LogP contribution in [0, 0.1) is 0 Å². The van der Waals surface area contributed by atoms with E-state index in [0.717, 1.165) is 16.7 Å². The summed E-state index contributed by atoms with van der Waals surface area (Å²) in [4.78, 5) is 12.9. The molecule has 0 bridgehead atoms. The summed E-state index contributed by atoms with van der Waals surface area (Å²) in [6.07, 6.45) is 0.565. The summed E-state index contributed by atoms with van der Waals surface area (Å²) in [6, 6.07) is 24.1. The Bertz CT molecular complexity index is 824. The molecule has 0 radical (unpaired) electrons. The summed E-state index contributed by atoms with van der Waals surface area (Å²) in [5.74, 6) is -0.734. The third-order valence-electron chi connectivity index (χ3n) is 4.28. The molecule has 0 aliphatic rings. The molecule has 4 nitrogen and oxygen atoms in total. The van der Waals surface area contributed by atoms with Crippen LogP contribution in [0.15, 0.2) is 78.9 Å². The van der Waals surface area contributed by atoms with Crippen molar-refractivity contribution in [1.29, 1.82) is 0 Å². The lowest BCUT2D eigenvalue weighted by molar-refractivity contribution is -0.121. The number of aromatic hydroxyl groups is 2. The highest BCUT2D eigenvalue weighted by Crippen LogP contribution is 2.26. The van der Waals surface area contributed by atoms with Gasteiger partial charge >= 0.3 is 0 Å². The van der Waals surface area contributed by atoms with Gasteiger partial charge in [-0.2, -0.15) is 0 Å². The maximum atomic E-state index is 12.9. The van der Waals surface area contributed by atoms with Crippen LogP contribution in [0.25, 0.3) is 0 Å². The summed E-state index contributed by atoms with van der Waals surface area (Å²) in [7, 11) is 0. The zero-order valence-electron chi connectivity index (χ0n) is 14.3. The maximum absolute atomic E-state index is 12.9. The number of rotatable bonds is 6. The molecular formula is C22H21NO3. The van der Waals surface area contributed by atoms with Crippen LogP contribution in [0.3, 0.4) is 0 Å². The third-order valence-corrected chi connectivity index (χ3v) is 4.28. The van der Waals surface area contributed by atoms with Gasteiger partial charge in [-0.1, -0.05) is 66.7 Å². The highest BCUT2D eigenvalue weighted by molar-refractivity contribution is 5.87. The van der Waals surface area contributed by atoms with E-state index >= 15 is 0 Å². The van der Waals surface area contributed by atoms with Crippen LogP contribution < -0.4 is 5.32 Å². The summed E-state index contributed by atoms with van der Waals surface area (Å²) in [5.41, 5.74) is 2.73. The Kier molecular flexibility index (Phi) is 5.54. The molecule has 0 saturated carbocycles. The monoisotopic (exact) mass is 347 g/mol. The third kappa shape index (κ3) is 4.22. The van der Waals surface area contributed by atoms with Gasteiger partial charge in [0.2, 0.25) is 5.91 Å². The number of carbonyl (C=O) groups is 1. The molecular weight excluding hydrogens is 326 g/mol. The van der Waals surface area contributed by atoms with Crippen molar-refractivity contribution in [3.05, 3.63) is 95.6 Å². The molecule has 0 aliphatic heterocycles. The average Bonchev–Trinajstić information content (AvgIpc) is 2.67.